The monoisotopic (exact) mass is 322 g/mol. The topological polar surface area (TPSA) is 64.8 Å². The Kier molecular flexibility index (Phi) is 8.48. The van der Waals surface area contributed by atoms with Crippen LogP contribution >= 0.6 is 0 Å². The maximum atomic E-state index is 12.0. The standard InChI is InChI=1S/C18H30N2O3/c1-5-20(6-2)10-12-23-18(21)15-7-8-17(16(19)13-15)22-11-9-14(3)4/h7-8,13-14H,5-6,9-12,19H2,1-4H3. The zero-order chi connectivity index (χ0) is 17.2. The average Bonchev–Trinajstić information content (AvgIpc) is 2.52. The normalized spacial score (nSPS) is 11.0. The van der Waals surface area contributed by atoms with Crippen LogP contribution in [0, 0.1) is 5.92 Å². The summed E-state index contributed by atoms with van der Waals surface area (Å²) >= 11 is 0. The first-order valence-corrected chi connectivity index (χ1v) is 8.39. The van der Waals surface area contributed by atoms with Crippen LogP contribution in [-0.4, -0.2) is 43.7 Å². The van der Waals surface area contributed by atoms with Gasteiger partial charge in [0.05, 0.1) is 17.9 Å². The third-order valence-corrected chi connectivity index (χ3v) is 3.73. The Morgan fingerprint density at radius 1 is 1.22 bits per heavy atom. The lowest BCUT2D eigenvalue weighted by Gasteiger charge is -2.17. The molecule has 0 saturated heterocycles. The van der Waals surface area contributed by atoms with Gasteiger partial charge in [-0.3, -0.25) is 0 Å². The zero-order valence-electron chi connectivity index (χ0n) is 14.8. The molecule has 1 aromatic rings. The number of benzene rings is 1. The third kappa shape index (κ3) is 6.91. The summed E-state index contributed by atoms with van der Waals surface area (Å²) in [5.41, 5.74) is 6.88. The molecule has 5 heteroatoms. The first-order chi connectivity index (χ1) is 11.0. The van der Waals surface area contributed by atoms with Crippen molar-refractivity contribution in [3.8, 4) is 5.75 Å². The van der Waals surface area contributed by atoms with Crippen molar-refractivity contribution < 1.29 is 14.3 Å². The van der Waals surface area contributed by atoms with Crippen LogP contribution in [0.2, 0.25) is 0 Å². The molecule has 0 aliphatic rings. The summed E-state index contributed by atoms with van der Waals surface area (Å²) < 4.78 is 10.9. The zero-order valence-corrected chi connectivity index (χ0v) is 14.8. The van der Waals surface area contributed by atoms with Crippen LogP contribution in [0.25, 0.3) is 0 Å². The highest BCUT2D eigenvalue weighted by atomic mass is 16.5. The Hall–Kier alpha value is -1.75. The van der Waals surface area contributed by atoms with Crippen LogP contribution in [0.15, 0.2) is 18.2 Å². The van der Waals surface area contributed by atoms with Gasteiger partial charge in [-0.15, -0.1) is 0 Å². The van der Waals surface area contributed by atoms with E-state index in [1.165, 1.54) is 0 Å². The van der Waals surface area contributed by atoms with Crippen molar-refractivity contribution in [2.75, 3.05) is 38.6 Å². The van der Waals surface area contributed by atoms with E-state index in [1.54, 1.807) is 18.2 Å². The Labute approximate surface area is 139 Å². The molecule has 23 heavy (non-hydrogen) atoms. The molecule has 0 unspecified atom stereocenters. The molecule has 0 amide bonds. The summed E-state index contributed by atoms with van der Waals surface area (Å²) in [4.78, 5) is 14.2. The fourth-order valence-electron chi connectivity index (χ4n) is 2.10. The van der Waals surface area contributed by atoms with Gasteiger partial charge in [-0.1, -0.05) is 27.7 Å². The second-order valence-electron chi connectivity index (χ2n) is 5.95. The fraction of sp³-hybridized carbons (Fsp3) is 0.611. The van der Waals surface area contributed by atoms with E-state index >= 15 is 0 Å². The number of carbonyl (C=O) groups excluding carboxylic acids is 1. The van der Waals surface area contributed by atoms with E-state index in [0.717, 1.165) is 26.1 Å². The molecule has 2 N–H and O–H groups in total. The molecular formula is C18H30N2O3. The first kappa shape index (κ1) is 19.3. The number of esters is 1. The number of ether oxygens (including phenoxy) is 2. The number of nitrogen functional groups attached to an aromatic ring is 1. The van der Waals surface area contributed by atoms with Gasteiger partial charge >= 0.3 is 5.97 Å². The van der Waals surface area contributed by atoms with Crippen molar-refractivity contribution in [3.05, 3.63) is 23.8 Å². The largest absolute Gasteiger partial charge is 0.491 e. The highest BCUT2D eigenvalue weighted by molar-refractivity contribution is 5.91. The lowest BCUT2D eigenvalue weighted by Crippen LogP contribution is -2.27. The predicted molar refractivity (Wildman–Crippen MR) is 93.9 cm³/mol. The molecular weight excluding hydrogens is 292 g/mol. The number of rotatable bonds is 10. The summed E-state index contributed by atoms with van der Waals surface area (Å²) in [6.07, 6.45) is 0.967. The molecule has 0 heterocycles. The van der Waals surface area contributed by atoms with Crippen molar-refractivity contribution in [2.45, 2.75) is 34.1 Å². The van der Waals surface area contributed by atoms with Crippen molar-refractivity contribution in [1.29, 1.82) is 0 Å². The van der Waals surface area contributed by atoms with Crippen LogP contribution in [-0.2, 0) is 4.74 Å². The maximum Gasteiger partial charge on any atom is 0.338 e. The smallest absolute Gasteiger partial charge is 0.338 e. The molecule has 0 aromatic heterocycles. The van der Waals surface area contributed by atoms with E-state index in [2.05, 4.69) is 32.6 Å². The lowest BCUT2D eigenvalue weighted by atomic mass is 10.1. The number of nitrogens with two attached hydrogens (primary N) is 1. The van der Waals surface area contributed by atoms with Crippen molar-refractivity contribution >= 4 is 11.7 Å². The maximum absolute atomic E-state index is 12.0. The fourth-order valence-corrected chi connectivity index (χ4v) is 2.10. The molecule has 130 valence electrons. The summed E-state index contributed by atoms with van der Waals surface area (Å²) in [5.74, 6) is 0.846. The van der Waals surface area contributed by atoms with Crippen LogP contribution in [0.1, 0.15) is 44.5 Å². The highest BCUT2D eigenvalue weighted by Crippen LogP contribution is 2.23. The van der Waals surface area contributed by atoms with Gasteiger partial charge in [0.2, 0.25) is 0 Å². The molecule has 0 fully saturated rings. The van der Waals surface area contributed by atoms with E-state index < -0.39 is 0 Å². The molecule has 0 aliphatic carbocycles. The lowest BCUT2D eigenvalue weighted by molar-refractivity contribution is 0.0466. The van der Waals surface area contributed by atoms with E-state index in [9.17, 15) is 4.79 Å². The van der Waals surface area contributed by atoms with E-state index in [0.29, 0.717) is 36.1 Å². The minimum absolute atomic E-state index is 0.349. The van der Waals surface area contributed by atoms with Gasteiger partial charge in [0, 0.05) is 6.54 Å². The minimum atomic E-state index is -0.349. The number of hydrogen-bond acceptors (Lipinski definition) is 5. The Morgan fingerprint density at radius 2 is 1.91 bits per heavy atom. The quantitative estimate of drug-likeness (QED) is 0.529. The molecule has 0 atom stereocenters. The molecule has 1 rings (SSSR count). The Morgan fingerprint density at radius 3 is 2.48 bits per heavy atom. The van der Waals surface area contributed by atoms with Gasteiger partial charge in [0.25, 0.3) is 0 Å². The summed E-state index contributed by atoms with van der Waals surface area (Å²) in [5, 5.41) is 0. The number of hydrogen-bond donors (Lipinski definition) is 1. The van der Waals surface area contributed by atoms with Crippen LogP contribution in [0.4, 0.5) is 5.69 Å². The van der Waals surface area contributed by atoms with E-state index in [1.807, 2.05) is 0 Å². The summed E-state index contributed by atoms with van der Waals surface area (Å²) in [6, 6.07) is 5.04. The molecule has 5 nitrogen and oxygen atoms in total. The molecule has 0 spiro atoms. The van der Waals surface area contributed by atoms with Crippen LogP contribution in [0.5, 0.6) is 5.75 Å². The SMILES string of the molecule is CCN(CC)CCOC(=O)c1ccc(OCCC(C)C)c(N)c1. The third-order valence-electron chi connectivity index (χ3n) is 3.73. The number of carbonyl (C=O) groups is 1. The van der Waals surface area contributed by atoms with E-state index in [4.69, 9.17) is 15.2 Å². The van der Waals surface area contributed by atoms with Crippen molar-refractivity contribution in [2.24, 2.45) is 5.92 Å². The summed E-state index contributed by atoms with van der Waals surface area (Å²) in [7, 11) is 0. The molecule has 0 aliphatic heterocycles. The first-order valence-electron chi connectivity index (χ1n) is 8.39. The molecule has 0 bridgehead atoms. The molecule has 0 saturated carbocycles. The van der Waals surface area contributed by atoms with Crippen molar-refractivity contribution in [1.82, 2.24) is 4.90 Å². The number of nitrogens with zero attached hydrogens (tertiary/aromatic N) is 1. The number of likely N-dealkylation sites (N-methyl/N-ethyl adjacent to an activating group) is 1. The number of anilines is 1. The Bertz CT molecular complexity index is 485. The van der Waals surface area contributed by atoms with Gasteiger partial charge in [-0.05, 0) is 43.6 Å². The van der Waals surface area contributed by atoms with E-state index in [-0.39, 0.29) is 5.97 Å². The minimum Gasteiger partial charge on any atom is -0.491 e. The average molecular weight is 322 g/mol. The van der Waals surface area contributed by atoms with Gasteiger partial charge in [0.15, 0.2) is 0 Å². The van der Waals surface area contributed by atoms with Crippen LogP contribution < -0.4 is 10.5 Å². The molecule has 1 aromatic carbocycles. The van der Waals surface area contributed by atoms with Gasteiger partial charge in [0.1, 0.15) is 12.4 Å². The van der Waals surface area contributed by atoms with Gasteiger partial charge in [-0.25, -0.2) is 4.79 Å². The Balaban J connectivity index is 2.50. The second-order valence-corrected chi connectivity index (χ2v) is 5.95. The van der Waals surface area contributed by atoms with Crippen LogP contribution in [0.3, 0.4) is 0 Å². The summed E-state index contributed by atoms with van der Waals surface area (Å²) in [6.45, 7) is 12.1. The predicted octanol–water partition coefficient (Wildman–Crippen LogP) is 3.19. The van der Waals surface area contributed by atoms with Crippen molar-refractivity contribution in [3.63, 3.8) is 0 Å². The molecule has 0 radical (unpaired) electrons. The van der Waals surface area contributed by atoms with Gasteiger partial charge in [-0.2, -0.15) is 0 Å². The highest BCUT2D eigenvalue weighted by Gasteiger charge is 2.11. The van der Waals surface area contributed by atoms with Gasteiger partial charge < -0.3 is 20.1 Å². The second kappa shape index (κ2) is 10.1.